The summed E-state index contributed by atoms with van der Waals surface area (Å²) in [5.41, 5.74) is 6.00. The molecule has 0 aliphatic heterocycles. The van der Waals surface area contributed by atoms with Gasteiger partial charge in [0.25, 0.3) is 0 Å². The number of hydrogen-bond acceptors (Lipinski definition) is 3. The topological polar surface area (TPSA) is 101 Å². The van der Waals surface area contributed by atoms with Crippen LogP contribution in [-0.4, -0.2) is 29.8 Å². The van der Waals surface area contributed by atoms with Crippen LogP contribution in [0.25, 0.3) is 0 Å². The zero-order valence-corrected chi connectivity index (χ0v) is 14.0. The highest BCUT2D eigenvalue weighted by Gasteiger charge is 2.24. The Bertz CT molecular complexity index is 575. The van der Waals surface area contributed by atoms with Crippen molar-refractivity contribution in [3.8, 4) is 0 Å². The molecule has 0 spiro atoms. The number of carbonyl (C=O) groups is 3. The molecule has 0 aliphatic carbocycles. The predicted octanol–water partition coefficient (Wildman–Crippen LogP) is 1.03. The minimum Gasteiger partial charge on any atom is -0.368 e. The maximum atomic E-state index is 13.0. The number of unbranched alkanes of at least 4 members (excludes halogenated alkanes) is 1. The van der Waals surface area contributed by atoms with Crippen LogP contribution in [0.15, 0.2) is 24.3 Å². The summed E-state index contributed by atoms with van der Waals surface area (Å²) in [6.07, 6.45) is 2.24. The summed E-state index contributed by atoms with van der Waals surface area (Å²) in [5, 5.41) is 5.13. The number of nitrogens with two attached hydrogens (primary N) is 1. The van der Waals surface area contributed by atoms with Crippen molar-refractivity contribution in [2.24, 2.45) is 5.73 Å². The molecule has 7 heteroatoms. The standard InChI is InChI=1S/C17H24FN3O3/c1-3-4-5-14(16(19)23)21-17(24)15(20-11(2)22)10-12-6-8-13(18)9-7-12/h6-9,14-15H,3-5,10H2,1-2H3,(H2,19,23)(H,20,22)(H,21,24)/t14-,15+/m1/s1. The summed E-state index contributed by atoms with van der Waals surface area (Å²) < 4.78 is 13.0. The molecule has 1 rings (SSSR count). The van der Waals surface area contributed by atoms with Crippen molar-refractivity contribution in [1.29, 1.82) is 0 Å². The van der Waals surface area contributed by atoms with Crippen LogP contribution in [0, 0.1) is 5.82 Å². The fourth-order valence-corrected chi connectivity index (χ4v) is 2.28. The van der Waals surface area contributed by atoms with E-state index in [1.807, 2.05) is 6.92 Å². The second-order valence-electron chi connectivity index (χ2n) is 5.69. The van der Waals surface area contributed by atoms with Crippen molar-refractivity contribution in [2.45, 2.75) is 51.6 Å². The van der Waals surface area contributed by atoms with Crippen molar-refractivity contribution in [1.82, 2.24) is 10.6 Å². The first-order valence-corrected chi connectivity index (χ1v) is 7.94. The third kappa shape index (κ3) is 6.76. The van der Waals surface area contributed by atoms with Gasteiger partial charge in [-0.3, -0.25) is 14.4 Å². The Balaban J connectivity index is 2.81. The first kappa shape index (κ1) is 19.6. The number of carbonyl (C=O) groups excluding carboxylic acids is 3. The largest absolute Gasteiger partial charge is 0.368 e. The maximum absolute atomic E-state index is 13.0. The minimum atomic E-state index is -0.864. The Morgan fingerprint density at radius 3 is 2.25 bits per heavy atom. The van der Waals surface area contributed by atoms with Gasteiger partial charge in [0.15, 0.2) is 0 Å². The summed E-state index contributed by atoms with van der Waals surface area (Å²) in [6, 6.07) is 4.01. The second kappa shape index (κ2) is 9.64. The van der Waals surface area contributed by atoms with Gasteiger partial charge < -0.3 is 16.4 Å². The van der Waals surface area contributed by atoms with E-state index in [0.29, 0.717) is 12.0 Å². The van der Waals surface area contributed by atoms with Crippen LogP contribution < -0.4 is 16.4 Å². The van der Waals surface area contributed by atoms with E-state index in [1.165, 1.54) is 19.1 Å². The van der Waals surface area contributed by atoms with Crippen molar-refractivity contribution in [2.75, 3.05) is 0 Å². The first-order valence-electron chi connectivity index (χ1n) is 7.94. The van der Waals surface area contributed by atoms with E-state index in [-0.39, 0.29) is 18.1 Å². The van der Waals surface area contributed by atoms with Crippen molar-refractivity contribution in [3.05, 3.63) is 35.6 Å². The maximum Gasteiger partial charge on any atom is 0.243 e. The van der Waals surface area contributed by atoms with Crippen LogP contribution in [0.1, 0.15) is 38.7 Å². The molecule has 0 heterocycles. The number of nitrogens with one attached hydrogen (secondary N) is 2. The van der Waals surface area contributed by atoms with Gasteiger partial charge in [0.05, 0.1) is 0 Å². The normalized spacial score (nSPS) is 13.0. The molecule has 0 aliphatic rings. The molecule has 1 aromatic rings. The van der Waals surface area contributed by atoms with Gasteiger partial charge in [0.2, 0.25) is 17.7 Å². The quantitative estimate of drug-likeness (QED) is 0.627. The molecule has 0 aromatic heterocycles. The molecule has 6 nitrogen and oxygen atoms in total. The Kier molecular flexibility index (Phi) is 7.88. The predicted molar refractivity (Wildman–Crippen MR) is 88.4 cm³/mol. The van der Waals surface area contributed by atoms with Gasteiger partial charge in [-0.2, -0.15) is 0 Å². The second-order valence-corrected chi connectivity index (χ2v) is 5.69. The summed E-state index contributed by atoms with van der Waals surface area (Å²) in [4.78, 5) is 35.2. The van der Waals surface area contributed by atoms with Crippen LogP contribution in [-0.2, 0) is 20.8 Å². The zero-order valence-electron chi connectivity index (χ0n) is 14.0. The number of hydrogen-bond donors (Lipinski definition) is 3. The molecule has 0 radical (unpaired) electrons. The van der Waals surface area contributed by atoms with E-state index < -0.39 is 23.9 Å². The molecule has 0 saturated carbocycles. The Hall–Kier alpha value is -2.44. The highest BCUT2D eigenvalue weighted by molar-refractivity contribution is 5.91. The molecule has 0 bridgehead atoms. The molecule has 0 saturated heterocycles. The molecule has 0 fully saturated rings. The van der Waals surface area contributed by atoms with Gasteiger partial charge in [0.1, 0.15) is 17.9 Å². The number of primary amides is 1. The molecule has 132 valence electrons. The van der Waals surface area contributed by atoms with Crippen LogP contribution in [0.5, 0.6) is 0 Å². The fourth-order valence-electron chi connectivity index (χ4n) is 2.28. The van der Waals surface area contributed by atoms with Crippen molar-refractivity contribution in [3.63, 3.8) is 0 Å². The molecular weight excluding hydrogens is 313 g/mol. The summed E-state index contributed by atoms with van der Waals surface area (Å²) >= 11 is 0. The number of benzene rings is 1. The summed E-state index contributed by atoms with van der Waals surface area (Å²) in [6.45, 7) is 3.27. The molecule has 0 unspecified atom stereocenters. The van der Waals surface area contributed by atoms with Crippen LogP contribution >= 0.6 is 0 Å². The third-order valence-electron chi connectivity index (χ3n) is 3.55. The monoisotopic (exact) mass is 337 g/mol. The lowest BCUT2D eigenvalue weighted by molar-refractivity contribution is -0.130. The molecule has 1 aromatic carbocycles. The number of halogens is 1. The highest BCUT2D eigenvalue weighted by Crippen LogP contribution is 2.07. The summed E-state index contributed by atoms with van der Waals surface area (Å²) in [5.74, 6) is -1.86. The third-order valence-corrected chi connectivity index (χ3v) is 3.55. The fraction of sp³-hybridized carbons (Fsp3) is 0.471. The van der Waals surface area contributed by atoms with E-state index in [2.05, 4.69) is 10.6 Å². The van der Waals surface area contributed by atoms with Gasteiger partial charge in [-0.1, -0.05) is 31.9 Å². The van der Waals surface area contributed by atoms with Gasteiger partial charge >= 0.3 is 0 Å². The Labute approximate surface area is 141 Å². The van der Waals surface area contributed by atoms with E-state index in [1.54, 1.807) is 12.1 Å². The summed E-state index contributed by atoms with van der Waals surface area (Å²) in [7, 11) is 0. The van der Waals surface area contributed by atoms with Gasteiger partial charge in [-0.05, 0) is 24.1 Å². The first-order chi connectivity index (χ1) is 11.3. The van der Waals surface area contributed by atoms with Crippen molar-refractivity contribution >= 4 is 17.7 Å². The number of rotatable bonds is 9. The zero-order chi connectivity index (χ0) is 18.1. The lowest BCUT2D eigenvalue weighted by Crippen LogP contribution is -2.53. The van der Waals surface area contributed by atoms with Crippen LogP contribution in [0.4, 0.5) is 4.39 Å². The van der Waals surface area contributed by atoms with E-state index in [0.717, 1.165) is 12.8 Å². The molecule has 24 heavy (non-hydrogen) atoms. The molecule has 3 amide bonds. The molecule has 4 N–H and O–H groups in total. The SMILES string of the molecule is CCCC[C@@H](NC(=O)[C@H](Cc1ccc(F)cc1)NC(C)=O)C(N)=O. The van der Waals surface area contributed by atoms with Crippen LogP contribution in [0.2, 0.25) is 0 Å². The van der Waals surface area contributed by atoms with Gasteiger partial charge in [-0.15, -0.1) is 0 Å². The van der Waals surface area contributed by atoms with Crippen molar-refractivity contribution < 1.29 is 18.8 Å². The van der Waals surface area contributed by atoms with Crippen LogP contribution in [0.3, 0.4) is 0 Å². The van der Waals surface area contributed by atoms with Gasteiger partial charge in [-0.25, -0.2) is 4.39 Å². The highest BCUT2D eigenvalue weighted by atomic mass is 19.1. The Morgan fingerprint density at radius 2 is 1.75 bits per heavy atom. The van der Waals surface area contributed by atoms with E-state index in [9.17, 15) is 18.8 Å². The van der Waals surface area contributed by atoms with Gasteiger partial charge in [0, 0.05) is 13.3 Å². The average Bonchev–Trinajstić information content (AvgIpc) is 2.52. The average molecular weight is 337 g/mol. The van der Waals surface area contributed by atoms with E-state index in [4.69, 9.17) is 5.73 Å². The molecule has 2 atom stereocenters. The number of amides is 3. The smallest absolute Gasteiger partial charge is 0.243 e. The lowest BCUT2D eigenvalue weighted by atomic mass is 10.0. The molecular formula is C17H24FN3O3. The minimum absolute atomic E-state index is 0.185. The Morgan fingerprint density at radius 1 is 1.12 bits per heavy atom. The van der Waals surface area contributed by atoms with E-state index >= 15 is 0 Å². The lowest BCUT2D eigenvalue weighted by Gasteiger charge is -2.21.